The van der Waals surface area contributed by atoms with Gasteiger partial charge in [0.25, 0.3) is 0 Å². The van der Waals surface area contributed by atoms with Crippen LogP contribution in [0.2, 0.25) is 0 Å². The summed E-state index contributed by atoms with van der Waals surface area (Å²) in [5.41, 5.74) is 3.86. The first-order valence-electron chi connectivity index (χ1n) is 6.94. The van der Waals surface area contributed by atoms with Gasteiger partial charge < -0.3 is 4.98 Å². The van der Waals surface area contributed by atoms with Gasteiger partial charge in [0.15, 0.2) is 5.43 Å². The van der Waals surface area contributed by atoms with Gasteiger partial charge in [-0.2, -0.15) is 0 Å². The summed E-state index contributed by atoms with van der Waals surface area (Å²) in [6, 6.07) is 23.6. The molecule has 0 fully saturated rings. The van der Waals surface area contributed by atoms with Gasteiger partial charge in [-0.1, -0.05) is 54.6 Å². The zero-order valence-electron chi connectivity index (χ0n) is 11.3. The normalized spacial score (nSPS) is 11.0. The van der Waals surface area contributed by atoms with Crippen molar-refractivity contribution in [1.82, 2.24) is 4.98 Å². The van der Waals surface area contributed by atoms with Crippen LogP contribution in [0.25, 0.3) is 32.9 Å². The molecule has 1 heterocycles. The summed E-state index contributed by atoms with van der Waals surface area (Å²) in [5, 5.41) is 1.48. The SMILES string of the molecule is O=c1c2ccccc2[nH]c2cccc(-c3ccccc3)c12. The van der Waals surface area contributed by atoms with Crippen LogP contribution in [0.1, 0.15) is 0 Å². The summed E-state index contributed by atoms with van der Waals surface area (Å²) in [6.45, 7) is 0. The van der Waals surface area contributed by atoms with Gasteiger partial charge in [0, 0.05) is 10.9 Å². The Balaban J connectivity index is 2.19. The van der Waals surface area contributed by atoms with E-state index in [-0.39, 0.29) is 5.43 Å². The second kappa shape index (κ2) is 4.60. The number of aromatic amines is 1. The molecule has 1 aromatic heterocycles. The molecule has 0 aliphatic rings. The minimum Gasteiger partial charge on any atom is -0.354 e. The van der Waals surface area contributed by atoms with Crippen molar-refractivity contribution in [2.45, 2.75) is 0 Å². The summed E-state index contributed by atoms with van der Waals surface area (Å²) in [4.78, 5) is 16.2. The summed E-state index contributed by atoms with van der Waals surface area (Å²) in [6.07, 6.45) is 0. The highest BCUT2D eigenvalue weighted by atomic mass is 16.1. The third-order valence-electron chi connectivity index (χ3n) is 3.82. The Morgan fingerprint density at radius 3 is 2.24 bits per heavy atom. The zero-order valence-corrected chi connectivity index (χ0v) is 11.3. The van der Waals surface area contributed by atoms with Crippen LogP contribution < -0.4 is 5.43 Å². The van der Waals surface area contributed by atoms with Crippen molar-refractivity contribution in [3.05, 3.63) is 83.0 Å². The Morgan fingerprint density at radius 1 is 0.667 bits per heavy atom. The first-order valence-corrected chi connectivity index (χ1v) is 6.94. The molecule has 0 atom stereocenters. The standard InChI is InChI=1S/C19H13NO/c21-19-15-9-4-5-11-16(15)20-17-12-6-10-14(18(17)19)13-7-2-1-3-8-13/h1-12H,(H,20,21). The number of fused-ring (bicyclic) bond motifs is 2. The van der Waals surface area contributed by atoms with Gasteiger partial charge >= 0.3 is 0 Å². The first kappa shape index (κ1) is 11.9. The summed E-state index contributed by atoms with van der Waals surface area (Å²) >= 11 is 0. The van der Waals surface area contributed by atoms with Crippen molar-refractivity contribution in [1.29, 1.82) is 0 Å². The van der Waals surface area contributed by atoms with Gasteiger partial charge in [0.05, 0.1) is 10.9 Å². The molecule has 0 saturated carbocycles. The molecule has 0 aliphatic heterocycles. The molecule has 4 aromatic rings. The third-order valence-corrected chi connectivity index (χ3v) is 3.82. The van der Waals surface area contributed by atoms with Crippen LogP contribution in [0.3, 0.4) is 0 Å². The van der Waals surface area contributed by atoms with Gasteiger partial charge in [-0.25, -0.2) is 0 Å². The summed E-state index contributed by atoms with van der Waals surface area (Å²) in [7, 11) is 0. The molecule has 0 aliphatic carbocycles. The Kier molecular flexibility index (Phi) is 2.61. The van der Waals surface area contributed by atoms with Crippen LogP contribution in [-0.4, -0.2) is 4.98 Å². The molecule has 21 heavy (non-hydrogen) atoms. The van der Waals surface area contributed by atoms with E-state index in [0.29, 0.717) is 0 Å². The van der Waals surface area contributed by atoms with Crippen LogP contribution in [-0.2, 0) is 0 Å². The van der Waals surface area contributed by atoms with Gasteiger partial charge in [0.2, 0.25) is 0 Å². The quantitative estimate of drug-likeness (QED) is 0.513. The fourth-order valence-corrected chi connectivity index (χ4v) is 2.83. The number of aromatic nitrogens is 1. The molecule has 0 amide bonds. The number of para-hydroxylation sites is 1. The maximum Gasteiger partial charge on any atom is 0.197 e. The second-order valence-corrected chi connectivity index (χ2v) is 5.09. The highest BCUT2D eigenvalue weighted by molar-refractivity contribution is 6.00. The topological polar surface area (TPSA) is 32.9 Å². The average molecular weight is 271 g/mol. The number of pyridine rings is 1. The molecule has 4 rings (SSSR count). The lowest BCUT2D eigenvalue weighted by atomic mass is 9.99. The molecule has 2 nitrogen and oxygen atoms in total. The maximum atomic E-state index is 12.9. The molecule has 2 heteroatoms. The van der Waals surface area contributed by atoms with E-state index in [1.54, 1.807) is 0 Å². The summed E-state index contributed by atoms with van der Waals surface area (Å²) < 4.78 is 0. The predicted molar refractivity (Wildman–Crippen MR) is 87.5 cm³/mol. The van der Waals surface area contributed by atoms with Crippen LogP contribution in [0.4, 0.5) is 0 Å². The number of nitrogens with one attached hydrogen (secondary N) is 1. The van der Waals surface area contributed by atoms with Crippen molar-refractivity contribution in [3.8, 4) is 11.1 Å². The Hall–Kier alpha value is -2.87. The second-order valence-electron chi connectivity index (χ2n) is 5.09. The van der Waals surface area contributed by atoms with E-state index in [1.165, 1.54) is 0 Å². The van der Waals surface area contributed by atoms with Crippen molar-refractivity contribution in [2.24, 2.45) is 0 Å². The molecular weight excluding hydrogens is 258 g/mol. The molecule has 3 aromatic carbocycles. The Labute approximate surface area is 121 Å². The van der Waals surface area contributed by atoms with Crippen molar-refractivity contribution in [2.75, 3.05) is 0 Å². The molecule has 0 saturated heterocycles. The van der Waals surface area contributed by atoms with E-state index in [2.05, 4.69) is 4.98 Å². The molecule has 0 bridgehead atoms. The molecule has 0 unspecified atom stereocenters. The van der Waals surface area contributed by atoms with Crippen LogP contribution in [0, 0.1) is 0 Å². The minimum atomic E-state index is 0.0822. The van der Waals surface area contributed by atoms with Crippen LogP contribution in [0.15, 0.2) is 77.6 Å². The van der Waals surface area contributed by atoms with E-state index in [4.69, 9.17) is 0 Å². The van der Waals surface area contributed by atoms with E-state index < -0.39 is 0 Å². The lowest BCUT2D eigenvalue weighted by Crippen LogP contribution is -2.05. The first-order chi connectivity index (χ1) is 10.3. The highest BCUT2D eigenvalue weighted by Crippen LogP contribution is 2.26. The van der Waals surface area contributed by atoms with Gasteiger partial charge in [-0.3, -0.25) is 4.79 Å². The predicted octanol–water partition coefficient (Wildman–Crippen LogP) is 4.35. The Morgan fingerprint density at radius 2 is 1.38 bits per heavy atom. The number of benzene rings is 3. The zero-order chi connectivity index (χ0) is 14.2. The van der Waals surface area contributed by atoms with E-state index in [1.807, 2.05) is 72.8 Å². The molecular formula is C19H13NO. The molecule has 0 spiro atoms. The van der Waals surface area contributed by atoms with Gasteiger partial charge in [-0.05, 0) is 29.3 Å². The van der Waals surface area contributed by atoms with Gasteiger partial charge in [0.1, 0.15) is 0 Å². The molecule has 0 radical (unpaired) electrons. The smallest absolute Gasteiger partial charge is 0.197 e. The lowest BCUT2D eigenvalue weighted by Gasteiger charge is -2.08. The van der Waals surface area contributed by atoms with Crippen molar-refractivity contribution < 1.29 is 0 Å². The van der Waals surface area contributed by atoms with Gasteiger partial charge in [-0.15, -0.1) is 0 Å². The lowest BCUT2D eigenvalue weighted by molar-refractivity contribution is 1.48. The number of rotatable bonds is 1. The fraction of sp³-hybridized carbons (Fsp3) is 0. The van der Waals surface area contributed by atoms with Crippen LogP contribution in [0.5, 0.6) is 0 Å². The Bertz CT molecular complexity index is 1000. The van der Waals surface area contributed by atoms with E-state index in [0.717, 1.165) is 32.9 Å². The fourth-order valence-electron chi connectivity index (χ4n) is 2.83. The monoisotopic (exact) mass is 271 g/mol. The highest BCUT2D eigenvalue weighted by Gasteiger charge is 2.10. The average Bonchev–Trinajstić information content (AvgIpc) is 2.55. The van der Waals surface area contributed by atoms with Crippen molar-refractivity contribution in [3.63, 3.8) is 0 Å². The number of hydrogen-bond donors (Lipinski definition) is 1. The largest absolute Gasteiger partial charge is 0.354 e. The number of hydrogen-bond acceptors (Lipinski definition) is 1. The third kappa shape index (κ3) is 1.84. The molecule has 1 N–H and O–H groups in total. The maximum absolute atomic E-state index is 12.9. The van der Waals surface area contributed by atoms with Crippen molar-refractivity contribution >= 4 is 21.8 Å². The molecule has 100 valence electrons. The number of H-pyrrole nitrogens is 1. The van der Waals surface area contributed by atoms with E-state index >= 15 is 0 Å². The summed E-state index contributed by atoms with van der Waals surface area (Å²) in [5.74, 6) is 0. The minimum absolute atomic E-state index is 0.0822. The van der Waals surface area contributed by atoms with E-state index in [9.17, 15) is 4.79 Å². The van der Waals surface area contributed by atoms with Crippen LogP contribution >= 0.6 is 0 Å².